The lowest BCUT2D eigenvalue weighted by atomic mass is 10.1. The number of hydrogen-bond donors (Lipinski definition) is 2. The first kappa shape index (κ1) is 21.5. The summed E-state index contributed by atoms with van der Waals surface area (Å²) in [5.41, 5.74) is 7.52. The van der Waals surface area contributed by atoms with Crippen molar-refractivity contribution in [3.8, 4) is 0 Å². The minimum atomic E-state index is -0.635. The number of unbranched alkanes of at least 4 members (excludes halogenated alkanes) is 2. The molecule has 1 aromatic heterocycles. The van der Waals surface area contributed by atoms with Gasteiger partial charge >= 0.3 is 5.69 Å². The van der Waals surface area contributed by atoms with Crippen molar-refractivity contribution in [2.45, 2.75) is 59.9 Å². The van der Waals surface area contributed by atoms with Gasteiger partial charge in [0.05, 0.1) is 0 Å². The van der Waals surface area contributed by atoms with Crippen LogP contribution in [0.4, 0.5) is 11.5 Å². The first-order chi connectivity index (χ1) is 13.3. The Balaban J connectivity index is 2.60. The molecule has 0 radical (unpaired) electrons. The van der Waals surface area contributed by atoms with Crippen LogP contribution in [-0.2, 0) is 6.54 Å². The van der Waals surface area contributed by atoms with Crippen molar-refractivity contribution in [1.29, 1.82) is 0 Å². The standard InChI is InChI=1S/C21H30N4O3/c1-5-7-9-24(20(27)16-12-14(3)11-15(4)13-16)17-18(22)25(10-8-6-2)21(28)23-19(17)26/h11-13H,5-10,22H2,1-4H3,(H,23,26,28). The van der Waals surface area contributed by atoms with Crippen molar-refractivity contribution in [3.05, 3.63) is 55.7 Å². The fraction of sp³-hybridized carbons (Fsp3) is 0.476. The molecule has 2 aromatic rings. The molecule has 0 atom stereocenters. The van der Waals surface area contributed by atoms with Crippen LogP contribution in [-0.4, -0.2) is 22.0 Å². The smallest absolute Gasteiger partial charge is 0.330 e. The lowest BCUT2D eigenvalue weighted by Gasteiger charge is -2.25. The third kappa shape index (κ3) is 4.71. The Morgan fingerprint density at radius 3 is 2.25 bits per heavy atom. The van der Waals surface area contributed by atoms with E-state index >= 15 is 0 Å². The van der Waals surface area contributed by atoms with Gasteiger partial charge in [-0.1, -0.05) is 43.9 Å². The fourth-order valence-electron chi connectivity index (χ4n) is 3.26. The Kier molecular flexibility index (Phi) is 7.20. The number of carbonyl (C=O) groups is 1. The summed E-state index contributed by atoms with van der Waals surface area (Å²) in [6.45, 7) is 8.60. The Morgan fingerprint density at radius 1 is 1.07 bits per heavy atom. The number of nitrogens with two attached hydrogens (primary N) is 1. The molecule has 1 aromatic carbocycles. The van der Waals surface area contributed by atoms with E-state index in [1.165, 1.54) is 9.47 Å². The van der Waals surface area contributed by atoms with E-state index in [1.54, 1.807) is 12.1 Å². The normalized spacial score (nSPS) is 10.9. The summed E-state index contributed by atoms with van der Waals surface area (Å²) in [5.74, 6) is -0.255. The second kappa shape index (κ2) is 9.39. The number of aryl methyl sites for hydroxylation is 2. The number of carbonyl (C=O) groups excluding carboxylic acids is 1. The van der Waals surface area contributed by atoms with Gasteiger partial charge in [-0.05, 0) is 38.8 Å². The van der Waals surface area contributed by atoms with Gasteiger partial charge in [-0.25, -0.2) is 4.79 Å². The second-order valence-corrected chi connectivity index (χ2v) is 7.19. The van der Waals surface area contributed by atoms with E-state index in [0.717, 1.165) is 30.4 Å². The van der Waals surface area contributed by atoms with E-state index in [1.807, 2.05) is 33.8 Å². The Hall–Kier alpha value is -2.83. The monoisotopic (exact) mass is 386 g/mol. The molecule has 1 heterocycles. The van der Waals surface area contributed by atoms with Gasteiger partial charge in [0.25, 0.3) is 11.5 Å². The van der Waals surface area contributed by atoms with Crippen LogP contribution in [0.1, 0.15) is 61.0 Å². The van der Waals surface area contributed by atoms with Crippen molar-refractivity contribution in [1.82, 2.24) is 9.55 Å². The van der Waals surface area contributed by atoms with E-state index in [9.17, 15) is 14.4 Å². The van der Waals surface area contributed by atoms with Gasteiger partial charge in [0.1, 0.15) is 5.82 Å². The number of aromatic amines is 1. The number of anilines is 2. The molecule has 7 nitrogen and oxygen atoms in total. The van der Waals surface area contributed by atoms with Gasteiger partial charge in [-0.3, -0.25) is 19.1 Å². The van der Waals surface area contributed by atoms with E-state index in [4.69, 9.17) is 5.73 Å². The third-order valence-corrected chi connectivity index (χ3v) is 4.67. The molecule has 2 rings (SSSR count). The number of nitrogen functional groups attached to an aromatic ring is 1. The molecule has 3 N–H and O–H groups in total. The lowest BCUT2D eigenvalue weighted by Crippen LogP contribution is -2.41. The summed E-state index contributed by atoms with van der Waals surface area (Å²) >= 11 is 0. The summed E-state index contributed by atoms with van der Waals surface area (Å²) in [7, 11) is 0. The average Bonchev–Trinajstić information content (AvgIpc) is 2.62. The molecule has 28 heavy (non-hydrogen) atoms. The van der Waals surface area contributed by atoms with Crippen LogP contribution >= 0.6 is 0 Å². The molecule has 0 unspecified atom stereocenters. The number of aromatic nitrogens is 2. The van der Waals surface area contributed by atoms with Crippen LogP contribution in [0.2, 0.25) is 0 Å². The van der Waals surface area contributed by atoms with Crippen molar-refractivity contribution in [2.75, 3.05) is 17.2 Å². The van der Waals surface area contributed by atoms with Crippen LogP contribution < -0.4 is 21.9 Å². The number of amides is 1. The van der Waals surface area contributed by atoms with E-state index < -0.39 is 11.2 Å². The van der Waals surface area contributed by atoms with Gasteiger partial charge < -0.3 is 10.6 Å². The molecule has 0 aliphatic carbocycles. The van der Waals surface area contributed by atoms with Gasteiger partial charge in [-0.15, -0.1) is 0 Å². The van der Waals surface area contributed by atoms with Crippen LogP contribution in [0, 0.1) is 13.8 Å². The Bertz CT molecular complexity index is 939. The molecular formula is C21H30N4O3. The first-order valence-electron chi connectivity index (χ1n) is 9.82. The zero-order valence-electron chi connectivity index (χ0n) is 17.2. The molecule has 0 aliphatic rings. The molecule has 0 aliphatic heterocycles. The number of hydrogen-bond acceptors (Lipinski definition) is 4. The van der Waals surface area contributed by atoms with Gasteiger partial charge in [0.2, 0.25) is 0 Å². The predicted molar refractivity (Wildman–Crippen MR) is 113 cm³/mol. The summed E-state index contributed by atoms with van der Waals surface area (Å²) < 4.78 is 1.34. The summed E-state index contributed by atoms with van der Waals surface area (Å²) in [6.07, 6.45) is 3.18. The molecule has 1 amide bonds. The SMILES string of the molecule is CCCCN(C(=O)c1cc(C)cc(C)c1)c1c(N)n(CCCC)c(=O)[nH]c1=O. The molecule has 0 saturated heterocycles. The molecular weight excluding hydrogens is 356 g/mol. The topological polar surface area (TPSA) is 101 Å². The van der Waals surface area contributed by atoms with E-state index in [2.05, 4.69) is 4.98 Å². The average molecular weight is 386 g/mol. The van der Waals surface area contributed by atoms with Gasteiger partial charge in [0, 0.05) is 18.7 Å². The largest absolute Gasteiger partial charge is 0.383 e. The highest BCUT2D eigenvalue weighted by molar-refractivity contribution is 6.07. The second-order valence-electron chi connectivity index (χ2n) is 7.19. The Morgan fingerprint density at radius 2 is 1.68 bits per heavy atom. The zero-order chi connectivity index (χ0) is 20.8. The highest BCUT2D eigenvalue weighted by atomic mass is 16.2. The molecule has 0 spiro atoms. The van der Waals surface area contributed by atoms with Crippen molar-refractivity contribution >= 4 is 17.4 Å². The van der Waals surface area contributed by atoms with Crippen molar-refractivity contribution in [2.24, 2.45) is 0 Å². The number of rotatable bonds is 8. The van der Waals surface area contributed by atoms with Crippen molar-refractivity contribution in [3.63, 3.8) is 0 Å². The number of nitrogens with zero attached hydrogens (tertiary/aromatic N) is 2. The highest BCUT2D eigenvalue weighted by Crippen LogP contribution is 2.21. The minimum absolute atomic E-state index is 0.0380. The molecule has 0 saturated carbocycles. The van der Waals surface area contributed by atoms with E-state index in [-0.39, 0.29) is 17.4 Å². The van der Waals surface area contributed by atoms with Crippen LogP contribution in [0.5, 0.6) is 0 Å². The van der Waals surface area contributed by atoms with Crippen molar-refractivity contribution < 1.29 is 4.79 Å². The lowest BCUT2D eigenvalue weighted by molar-refractivity contribution is 0.0986. The Labute approximate surface area is 165 Å². The maximum Gasteiger partial charge on any atom is 0.330 e. The maximum absolute atomic E-state index is 13.3. The summed E-state index contributed by atoms with van der Waals surface area (Å²) in [6, 6.07) is 5.58. The fourth-order valence-corrected chi connectivity index (χ4v) is 3.26. The first-order valence-corrected chi connectivity index (χ1v) is 9.82. The van der Waals surface area contributed by atoms with Gasteiger partial charge in [-0.2, -0.15) is 0 Å². The maximum atomic E-state index is 13.3. The molecule has 0 bridgehead atoms. The van der Waals surface area contributed by atoms with Gasteiger partial charge in [0.15, 0.2) is 5.69 Å². The van der Waals surface area contributed by atoms with Crippen LogP contribution in [0.3, 0.4) is 0 Å². The highest BCUT2D eigenvalue weighted by Gasteiger charge is 2.25. The number of nitrogens with one attached hydrogen (secondary N) is 1. The van der Waals surface area contributed by atoms with Crippen LogP contribution in [0.25, 0.3) is 0 Å². The summed E-state index contributed by atoms with van der Waals surface area (Å²) in [5, 5.41) is 0. The number of benzene rings is 1. The molecule has 7 heteroatoms. The molecule has 152 valence electrons. The van der Waals surface area contributed by atoms with E-state index in [0.29, 0.717) is 25.1 Å². The third-order valence-electron chi connectivity index (χ3n) is 4.67. The minimum Gasteiger partial charge on any atom is -0.383 e. The number of H-pyrrole nitrogens is 1. The quantitative estimate of drug-likeness (QED) is 0.728. The summed E-state index contributed by atoms with van der Waals surface area (Å²) in [4.78, 5) is 41.9. The van der Waals surface area contributed by atoms with Crippen LogP contribution in [0.15, 0.2) is 27.8 Å². The predicted octanol–water partition coefficient (Wildman–Crippen LogP) is 2.98. The molecule has 0 fully saturated rings. The zero-order valence-corrected chi connectivity index (χ0v) is 17.2.